The number of amides is 2. The summed E-state index contributed by atoms with van der Waals surface area (Å²) in [5.41, 5.74) is 0.878. The van der Waals surface area contributed by atoms with Crippen molar-refractivity contribution in [2.45, 2.75) is 25.6 Å². The average Bonchev–Trinajstić information content (AvgIpc) is 2.51. The highest BCUT2D eigenvalue weighted by Crippen LogP contribution is 2.04. The second-order valence-corrected chi connectivity index (χ2v) is 4.59. The topological polar surface area (TPSA) is 93.7 Å². The van der Waals surface area contributed by atoms with Crippen molar-refractivity contribution in [3.05, 3.63) is 35.9 Å². The molecule has 1 rings (SSSR count). The van der Waals surface area contributed by atoms with Crippen LogP contribution in [0.3, 0.4) is 0 Å². The van der Waals surface area contributed by atoms with Crippen LogP contribution >= 0.6 is 0 Å². The lowest BCUT2D eigenvalue weighted by Crippen LogP contribution is -2.52. The maximum atomic E-state index is 12.3. The van der Waals surface area contributed by atoms with E-state index in [1.165, 1.54) is 21.1 Å². The van der Waals surface area contributed by atoms with Gasteiger partial charge < -0.3 is 20.1 Å². The van der Waals surface area contributed by atoms with Crippen LogP contribution in [0, 0.1) is 0 Å². The summed E-state index contributed by atoms with van der Waals surface area (Å²) in [5.74, 6) is -1.60. The highest BCUT2D eigenvalue weighted by Gasteiger charge is 2.26. The lowest BCUT2D eigenvalue weighted by molar-refractivity contribution is -0.157. The van der Waals surface area contributed by atoms with Gasteiger partial charge in [0.2, 0.25) is 18.0 Å². The number of esters is 1. The summed E-state index contributed by atoms with van der Waals surface area (Å²) in [7, 11) is 2.46. The molecular formula is C15H20N2O5. The summed E-state index contributed by atoms with van der Waals surface area (Å²) in [6.45, 7) is 1.32. The SMILES string of the molecule is COC(=O)C(NC(=O)[C@H](Cc1ccccc1)NC(C)=O)OC. The van der Waals surface area contributed by atoms with Crippen molar-refractivity contribution in [1.82, 2.24) is 10.6 Å². The molecule has 0 aromatic heterocycles. The van der Waals surface area contributed by atoms with Gasteiger partial charge in [0.05, 0.1) is 7.11 Å². The first-order chi connectivity index (χ1) is 10.5. The van der Waals surface area contributed by atoms with Crippen LogP contribution in [0.4, 0.5) is 0 Å². The largest absolute Gasteiger partial charge is 0.466 e. The minimum Gasteiger partial charge on any atom is -0.466 e. The summed E-state index contributed by atoms with van der Waals surface area (Å²) in [6, 6.07) is 8.40. The average molecular weight is 308 g/mol. The molecule has 0 radical (unpaired) electrons. The molecular weight excluding hydrogens is 288 g/mol. The van der Waals surface area contributed by atoms with Crippen LogP contribution < -0.4 is 10.6 Å². The Bertz CT molecular complexity index is 518. The lowest BCUT2D eigenvalue weighted by Gasteiger charge is -2.21. The minimum absolute atomic E-state index is 0.295. The summed E-state index contributed by atoms with van der Waals surface area (Å²) in [6.07, 6.45) is -0.923. The molecule has 1 unspecified atom stereocenters. The summed E-state index contributed by atoms with van der Waals surface area (Å²) >= 11 is 0. The number of nitrogens with one attached hydrogen (secondary N) is 2. The number of rotatable bonds is 7. The number of carbonyl (C=O) groups excluding carboxylic acids is 3. The monoisotopic (exact) mass is 308 g/mol. The third-order valence-corrected chi connectivity index (χ3v) is 2.90. The molecule has 7 heteroatoms. The smallest absolute Gasteiger partial charge is 0.356 e. The van der Waals surface area contributed by atoms with Gasteiger partial charge in [-0.25, -0.2) is 4.79 Å². The fourth-order valence-corrected chi connectivity index (χ4v) is 1.86. The number of hydrogen-bond donors (Lipinski definition) is 2. The molecule has 0 aliphatic heterocycles. The fraction of sp³-hybridized carbons (Fsp3) is 0.400. The predicted molar refractivity (Wildman–Crippen MR) is 78.7 cm³/mol. The predicted octanol–water partition coefficient (Wildman–Crippen LogP) is -0.00450. The van der Waals surface area contributed by atoms with Gasteiger partial charge in [-0.3, -0.25) is 9.59 Å². The first-order valence-corrected chi connectivity index (χ1v) is 6.70. The Morgan fingerprint density at radius 3 is 2.23 bits per heavy atom. The van der Waals surface area contributed by atoms with Gasteiger partial charge >= 0.3 is 5.97 Å². The van der Waals surface area contributed by atoms with Gasteiger partial charge in [-0.1, -0.05) is 30.3 Å². The second kappa shape index (κ2) is 8.78. The maximum absolute atomic E-state index is 12.3. The maximum Gasteiger partial charge on any atom is 0.356 e. The Hall–Kier alpha value is -2.41. The van der Waals surface area contributed by atoms with Gasteiger partial charge in [0.1, 0.15) is 6.04 Å². The van der Waals surface area contributed by atoms with Gasteiger partial charge in [0.15, 0.2) is 0 Å². The Morgan fingerprint density at radius 2 is 1.73 bits per heavy atom. The molecule has 0 heterocycles. The summed E-state index contributed by atoms with van der Waals surface area (Å²) in [4.78, 5) is 35.0. The molecule has 2 N–H and O–H groups in total. The van der Waals surface area contributed by atoms with E-state index in [0.717, 1.165) is 5.56 Å². The number of hydrogen-bond acceptors (Lipinski definition) is 5. The van der Waals surface area contributed by atoms with Crippen LogP contribution in [0.15, 0.2) is 30.3 Å². The van der Waals surface area contributed by atoms with E-state index in [1.54, 1.807) is 0 Å². The molecule has 22 heavy (non-hydrogen) atoms. The first-order valence-electron chi connectivity index (χ1n) is 6.70. The van der Waals surface area contributed by atoms with Crippen LogP contribution in [0.1, 0.15) is 12.5 Å². The van der Waals surface area contributed by atoms with Crippen LogP contribution in [-0.4, -0.2) is 44.3 Å². The molecule has 0 bridgehead atoms. The molecule has 0 aliphatic carbocycles. The first kappa shape index (κ1) is 17.6. The number of carbonyl (C=O) groups is 3. The summed E-state index contributed by atoms with van der Waals surface area (Å²) < 4.78 is 9.38. The normalized spacial score (nSPS) is 12.9. The van der Waals surface area contributed by atoms with E-state index in [-0.39, 0.29) is 5.91 Å². The Balaban J connectivity index is 2.79. The lowest BCUT2D eigenvalue weighted by atomic mass is 10.1. The van der Waals surface area contributed by atoms with Gasteiger partial charge in [-0.2, -0.15) is 0 Å². The molecule has 0 saturated heterocycles. The van der Waals surface area contributed by atoms with E-state index in [2.05, 4.69) is 15.4 Å². The molecule has 0 fully saturated rings. The van der Waals surface area contributed by atoms with Crippen LogP contribution in [-0.2, 0) is 30.3 Å². The molecule has 7 nitrogen and oxygen atoms in total. The molecule has 1 aromatic carbocycles. The van der Waals surface area contributed by atoms with Gasteiger partial charge in [-0.15, -0.1) is 0 Å². The van der Waals surface area contributed by atoms with Crippen molar-refractivity contribution in [3.8, 4) is 0 Å². The number of benzene rings is 1. The van der Waals surface area contributed by atoms with E-state index in [9.17, 15) is 14.4 Å². The van der Waals surface area contributed by atoms with Gasteiger partial charge in [-0.05, 0) is 5.56 Å². The van der Waals surface area contributed by atoms with Crippen molar-refractivity contribution >= 4 is 17.8 Å². The van der Waals surface area contributed by atoms with Gasteiger partial charge in [0, 0.05) is 20.5 Å². The van der Waals surface area contributed by atoms with E-state index in [0.29, 0.717) is 6.42 Å². The van der Waals surface area contributed by atoms with Crippen molar-refractivity contribution in [3.63, 3.8) is 0 Å². The third-order valence-electron chi connectivity index (χ3n) is 2.90. The Morgan fingerprint density at radius 1 is 1.09 bits per heavy atom. The van der Waals surface area contributed by atoms with Crippen LogP contribution in [0.2, 0.25) is 0 Å². The minimum atomic E-state index is -1.22. The third kappa shape index (κ3) is 5.53. The van der Waals surface area contributed by atoms with E-state index in [1.807, 2.05) is 30.3 Å². The van der Waals surface area contributed by atoms with E-state index >= 15 is 0 Å². The highest BCUT2D eigenvalue weighted by molar-refractivity contribution is 5.90. The molecule has 0 spiro atoms. The molecule has 0 aliphatic rings. The van der Waals surface area contributed by atoms with E-state index < -0.39 is 24.1 Å². The van der Waals surface area contributed by atoms with E-state index in [4.69, 9.17) is 4.74 Å². The van der Waals surface area contributed by atoms with Crippen LogP contribution in [0.5, 0.6) is 0 Å². The number of ether oxygens (including phenoxy) is 2. The Kier molecular flexibility index (Phi) is 7.04. The quantitative estimate of drug-likeness (QED) is 0.546. The zero-order valence-corrected chi connectivity index (χ0v) is 12.8. The van der Waals surface area contributed by atoms with Crippen molar-refractivity contribution in [2.75, 3.05) is 14.2 Å². The molecule has 1 aromatic rings. The van der Waals surface area contributed by atoms with Crippen molar-refractivity contribution in [1.29, 1.82) is 0 Å². The van der Waals surface area contributed by atoms with Gasteiger partial charge in [0.25, 0.3) is 0 Å². The Labute approximate surface area is 129 Å². The molecule has 0 saturated carbocycles. The fourth-order valence-electron chi connectivity index (χ4n) is 1.86. The standard InChI is InChI=1S/C15H20N2O5/c1-10(18)16-12(9-11-7-5-4-6-8-11)13(19)17-14(21-2)15(20)22-3/h4-8,12,14H,9H2,1-3H3,(H,16,18)(H,17,19)/t12-,14?/m0/s1. The molecule has 120 valence electrons. The number of methoxy groups -OCH3 is 2. The van der Waals surface area contributed by atoms with Crippen molar-refractivity contribution < 1.29 is 23.9 Å². The molecule has 2 atom stereocenters. The second-order valence-electron chi connectivity index (χ2n) is 4.59. The van der Waals surface area contributed by atoms with Crippen LogP contribution in [0.25, 0.3) is 0 Å². The zero-order chi connectivity index (χ0) is 16.5. The zero-order valence-electron chi connectivity index (χ0n) is 12.8. The highest BCUT2D eigenvalue weighted by atomic mass is 16.6. The molecule has 2 amide bonds. The van der Waals surface area contributed by atoms with Crippen molar-refractivity contribution in [2.24, 2.45) is 0 Å². The summed E-state index contributed by atoms with van der Waals surface area (Å²) in [5, 5.41) is 4.95.